The summed E-state index contributed by atoms with van der Waals surface area (Å²) in [4.78, 5) is 20.0. The van der Waals surface area contributed by atoms with Gasteiger partial charge in [0.2, 0.25) is 0 Å². The van der Waals surface area contributed by atoms with Crippen molar-refractivity contribution in [2.45, 2.75) is 11.2 Å². The molecule has 1 aromatic rings. The molecule has 74 valence electrons. The first-order chi connectivity index (χ1) is 6.63. The molecule has 0 aliphatic rings. The largest absolute Gasteiger partial charge is 0.302 e. The molecule has 5 heteroatoms. The Morgan fingerprint density at radius 3 is 2.43 bits per heavy atom. The minimum atomic E-state index is -0.449. The van der Waals surface area contributed by atoms with Crippen molar-refractivity contribution in [1.29, 1.82) is 0 Å². The van der Waals surface area contributed by atoms with Gasteiger partial charge in [-0.25, -0.2) is 0 Å². The van der Waals surface area contributed by atoms with Crippen molar-refractivity contribution >= 4 is 27.9 Å². The number of carbonyl (C=O) groups is 1. The van der Waals surface area contributed by atoms with E-state index in [-0.39, 0.29) is 10.5 Å². The van der Waals surface area contributed by atoms with Crippen molar-refractivity contribution in [2.24, 2.45) is 0 Å². The van der Waals surface area contributed by atoms with Crippen LogP contribution in [0.25, 0.3) is 0 Å². The average molecular weight is 258 g/mol. The third kappa shape index (κ3) is 2.92. The first-order valence-corrected chi connectivity index (χ1v) is 4.87. The van der Waals surface area contributed by atoms with Gasteiger partial charge in [0.1, 0.15) is 6.29 Å². The fourth-order valence-corrected chi connectivity index (χ4v) is 1.40. The number of carbonyl (C=O) groups excluding carboxylic acids is 1. The van der Waals surface area contributed by atoms with E-state index in [2.05, 4.69) is 15.9 Å². The third-order valence-electron chi connectivity index (χ3n) is 1.73. The minimum Gasteiger partial charge on any atom is -0.302 e. The van der Waals surface area contributed by atoms with E-state index in [0.717, 1.165) is 11.8 Å². The number of non-ortho nitro benzene ring substituents is 1. The van der Waals surface area contributed by atoms with E-state index < -0.39 is 4.92 Å². The molecule has 4 nitrogen and oxygen atoms in total. The second-order valence-corrected chi connectivity index (χ2v) is 3.96. The van der Waals surface area contributed by atoms with Crippen LogP contribution < -0.4 is 0 Å². The number of hydrogen-bond donors (Lipinski definition) is 0. The Morgan fingerprint density at radius 1 is 1.43 bits per heavy atom. The van der Waals surface area contributed by atoms with Crippen LogP contribution in [0.1, 0.15) is 5.56 Å². The van der Waals surface area contributed by atoms with Crippen LogP contribution in [0.2, 0.25) is 0 Å². The van der Waals surface area contributed by atoms with Crippen LogP contribution in [-0.4, -0.2) is 16.0 Å². The maximum absolute atomic E-state index is 10.3. The molecular formula is C9H8BrNO3. The van der Waals surface area contributed by atoms with Gasteiger partial charge in [-0.15, -0.1) is 0 Å². The highest BCUT2D eigenvalue weighted by Gasteiger charge is 2.06. The van der Waals surface area contributed by atoms with Crippen molar-refractivity contribution in [2.75, 3.05) is 0 Å². The minimum absolute atomic E-state index is 0.0611. The first-order valence-electron chi connectivity index (χ1n) is 3.96. The van der Waals surface area contributed by atoms with E-state index in [1.807, 2.05) is 0 Å². The predicted molar refractivity (Wildman–Crippen MR) is 55.6 cm³/mol. The summed E-state index contributed by atoms with van der Waals surface area (Å²) in [6.07, 6.45) is 1.34. The summed E-state index contributed by atoms with van der Waals surface area (Å²) < 4.78 is 0. The Kier molecular flexibility index (Phi) is 3.76. The van der Waals surface area contributed by atoms with Gasteiger partial charge >= 0.3 is 0 Å². The first kappa shape index (κ1) is 10.8. The number of aldehydes is 1. The average Bonchev–Trinajstić information content (AvgIpc) is 2.18. The van der Waals surface area contributed by atoms with Gasteiger partial charge in [0.05, 0.1) is 9.75 Å². The zero-order valence-corrected chi connectivity index (χ0v) is 8.81. The van der Waals surface area contributed by atoms with Gasteiger partial charge in [-0.05, 0) is 12.0 Å². The van der Waals surface area contributed by atoms with Crippen LogP contribution in [0.5, 0.6) is 0 Å². The van der Waals surface area contributed by atoms with Gasteiger partial charge in [0.25, 0.3) is 5.69 Å². The number of halogens is 1. The molecule has 0 heterocycles. The Hall–Kier alpha value is -1.23. The lowest BCUT2D eigenvalue weighted by molar-refractivity contribution is -0.384. The van der Waals surface area contributed by atoms with Crippen molar-refractivity contribution in [1.82, 2.24) is 0 Å². The lowest BCUT2D eigenvalue weighted by atomic mass is 10.1. The molecule has 1 rings (SSSR count). The number of nitro groups is 1. The molecule has 0 spiro atoms. The molecular weight excluding hydrogens is 250 g/mol. The molecule has 0 radical (unpaired) electrons. The molecule has 1 aromatic carbocycles. The zero-order valence-electron chi connectivity index (χ0n) is 7.22. The number of alkyl halides is 1. The summed E-state index contributed by atoms with van der Waals surface area (Å²) in [5, 5.41) is 10.3. The summed E-state index contributed by atoms with van der Waals surface area (Å²) in [6, 6.07) is 6.16. The van der Waals surface area contributed by atoms with Crippen LogP contribution >= 0.6 is 15.9 Å². The maximum atomic E-state index is 10.3. The van der Waals surface area contributed by atoms with E-state index in [4.69, 9.17) is 0 Å². The van der Waals surface area contributed by atoms with E-state index >= 15 is 0 Å². The van der Waals surface area contributed by atoms with Crippen molar-refractivity contribution in [3.05, 3.63) is 39.9 Å². The fraction of sp³-hybridized carbons (Fsp3) is 0.222. The van der Waals surface area contributed by atoms with Gasteiger partial charge in [-0.3, -0.25) is 10.1 Å². The SMILES string of the molecule is O=CC(Br)Cc1ccc([N+](=O)[O-])cc1. The lowest BCUT2D eigenvalue weighted by Gasteiger charge is -2.01. The highest BCUT2D eigenvalue weighted by atomic mass is 79.9. The van der Waals surface area contributed by atoms with Crippen LogP contribution in [0.3, 0.4) is 0 Å². The third-order valence-corrected chi connectivity index (χ3v) is 2.27. The zero-order chi connectivity index (χ0) is 10.6. The summed E-state index contributed by atoms with van der Waals surface area (Å²) in [6.45, 7) is 0. The molecule has 0 amide bonds. The molecule has 0 bridgehead atoms. The fourth-order valence-electron chi connectivity index (χ4n) is 1.03. The number of nitro benzene ring substituents is 1. The second-order valence-electron chi connectivity index (χ2n) is 2.78. The lowest BCUT2D eigenvalue weighted by Crippen LogP contribution is -2.03. The quantitative estimate of drug-likeness (QED) is 0.359. The highest BCUT2D eigenvalue weighted by Crippen LogP contribution is 2.14. The monoisotopic (exact) mass is 257 g/mol. The maximum Gasteiger partial charge on any atom is 0.269 e. The van der Waals surface area contributed by atoms with Crippen LogP contribution in [-0.2, 0) is 11.2 Å². The van der Waals surface area contributed by atoms with Crippen molar-refractivity contribution in [3.63, 3.8) is 0 Å². The molecule has 1 atom stereocenters. The number of nitrogens with zero attached hydrogens (tertiary/aromatic N) is 1. The van der Waals surface area contributed by atoms with Gasteiger partial charge in [-0.1, -0.05) is 28.1 Å². The molecule has 14 heavy (non-hydrogen) atoms. The van der Waals surface area contributed by atoms with Crippen LogP contribution in [0.15, 0.2) is 24.3 Å². The molecule has 0 fully saturated rings. The van der Waals surface area contributed by atoms with E-state index in [1.165, 1.54) is 12.1 Å². The molecule has 1 unspecified atom stereocenters. The van der Waals surface area contributed by atoms with Gasteiger partial charge in [-0.2, -0.15) is 0 Å². The predicted octanol–water partition coefficient (Wildman–Crippen LogP) is 2.10. The number of benzene rings is 1. The molecule has 0 N–H and O–H groups in total. The van der Waals surface area contributed by atoms with Gasteiger partial charge in [0, 0.05) is 12.1 Å². The molecule has 0 saturated carbocycles. The Labute approximate surface area is 89.2 Å². The molecule has 0 aliphatic heterocycles. The Morgan fingerprint density at radius 2 is 2.00 bits per heavy atom. The van der Waals surface area contributed by atoms with Crippen LogP contribution in [0, 0.1) is 10.1 Å². The van der Waals surface area contributed by atoms with Crippen molar-refractivity contribution in [3.8, 4) is 0 Å². The van der Waals surface area contributed by atoms with E-state index in [9.17, 15) is 14.9 Å². The smallest absolute Gasteiger partial charge is 0.269 e. The summed E-state index contributed by atoms with van der Waals surface area (Å²) >= 11 is 3.16. The standard InChI is InChI=1S/C9H8BrNO3/c10-8(6-12)5-7-1-3-9(4-2-7)11(13)14/h1-4,6,8H,5H2. The second kappa shape index (κ2) is 4.85. The molecule has 0 saturated heterocycles. The Balaban J connectivity index is 2.73. The molecule has 0 aromatic heterocycles. The van der Waals surface area contributed by atoms with Crippen LogP contribution in [0.4, 0.5) is 5.69 Å². The topological polar surface area (TPSA) is 60.2 Å². The highest BCUT2D eigenvalue weighted by molar-refractivity contribution is 9.09. The summed E-state index contributed by atoms with van der Waals surface area (Å²) in [5.74, 6) is 0. The summed E-state index contributed by atoms with van der Waals surface area (Å²) in [5.41, 5.74) is 0.954. The summed E-state index contributed by atoms with van der Waals surface area (Å²) in [7, 11) is 0. The number of hydrogen-bond acceptors (Lipinski definition) is 3. The van der Waals surface area contributed by atoms with E-state index in [1.54, 1.807) is 12.1 Å². The van der Waals surface area contributed by atoms with E-state index in [0.29, 0.717) is 6.42 Å². The van der Waals surface area contributed by atoms with Gasteiger partial charge in [0.15, 0.2) is 0 Å². The van der Waals surface area contributed by atoms with Gasteiger partial charge < -0.3 is 4.79 Å². The normalized spacial score (nSPS) is 12.1. The Bertz CT molecular complexity index is 336. The number of rotatable bonds is 4. The molecule has 0 aliphatic carbocycles. The van der Waals surface area contributed by atoms with Crippen molar-refractivity contribution < 1.29 is 9.72 Å².